The molecule has 2 heterocycles. The maximum atomic E-state index is 12.3. The first-order valence-corrected chi connectivity index (χ1v) is 4.97. The minimum absolute atomic E-state index is 0.158. The molecule has 0 saturated carbocycles. The van der Waals surface area contributed by atoms with Crippen molar-refractivity contribution in [2.75, 3.05) is 31.1 Å². The van der Waals surface area contributed by atoms with Crippen molar-refractivity contribution in [2.24, 2.45) is 0 Å². The molecule has 1 aliphatic rings. The second-order valence-corrected chi connectivity index (χ2v) is 3.48. The zero-order chi connectivity index (χ0) is 10.7. The number of nitrogens with one attached hydrogen (secondary N) is 1. The number of piperazine rings is 1. The third-order valence-electron chi connectivity index (χ3n) is 2.48. The number of halogens is 2. The number of pyridine rings is 1. The highest BCUT2D eigenvalue weighted by atomic mass is 19.3. The van der Waals surface area contributed by atoms with Crippen molar-refractivity contribution in [3.8, 4) is 0 Å². The first-order chi connectivity index (χ1) is 7.27. The average molecular weight is 213 g/mol. The first kappa shape index (κ1) is 10.3. The van der Waals surface area contributed by atoms with Gasteiger partial charge < -0.3 is 10.2 Å². The van der Waals surface area contributed by atoms with Gasteiger partial charge in [0.25, 0.3) is 6.43 Å². The van der Waals surface area contributed by atoms with E-state index in [0.29, 0.717) is 0 Å². The van der Waals surface area contributed by atoms with Crippen LogP contribution in [0.3, 0.4) is 0 Å². The van der Waals surface area contributed by atoms with E-state index in [1.807, 2.05) is 0 Å². The molecule has 0 amide bonds. The first-order valence-electron chi connectivity index (χ1n) is 4.97. The zero-order valence-electron chi connectivity index (χ0n) is 8.29. The van der Waals surface area contributed by atoms with Crippen LogP contribution in [0.25, 0.3) is 0 Å². The van der Waals surface area contributed by atoms with Crippen LogP contribution in [-0.4, -0.2) is 31.2 Å². The number of aromatic nitrogens is 1. The van der Waals surface area contributed by atoms with Crippen LogP contribution in [0.2, 0.25) is 0 Å². The van der Waals surface area contributed by atoms with Gasteiger partial charge in [0.15, 0.2) is 0 Å². The van der Waals surface area contributed by atoms with Crippen LogP contribution in [0.4, 0.5) is 14.5 Å². The van der Waals surface area contributed by atoms with E-state index in [-0.39, 0.29) is 5.69 Å². The Morgan fingerprint density at radius 1 is 1.27 bits per heavy atom. The molecule has 0 aliphatic carbocycles. The molecule has 1 fully saturated rings. The summed E-state index contributed by atoms with van der Waals surface area (Å²) in [4.78, 5) is 5.88. The molecule has 1 N–H and O–H groups in total. The molecule has 0 radical (unpaired) electrons. The summed E-state index contributed by atoms with van der Waals surface area (Å²) >= 11 is 0. The number of alkyl halides is 2. The van der Waals surface area contributed by atoms with Gasteiger partial charge in [0.2, 0.25) is 0 Å². The Morgan fingerprint density at radius 2 is 2.00 bits per heavy atom. The topological polar surface area (TPSA) is 28.2 Å². The molecular formula is C10H13F2N3. The number of nitrogens with zero attached hydrogens (tertiary/aromatic N) is 2. The van der Waals surface area contributed by atoms with Gasteiger partial charge in [-0.05, 0) is 12.1 Å². The second-order valence-electron chi connectivity index (χ2n) is 3.48. The highest BCUT2D eigenvalue weighted by Crippen LogP contribution is 2.19. The Morgan fingerprint density at radius 3 is 2.53 bits per heavy atom. The monoisotopic (exact) mass is 213 g/mol. The van der Waals surface area contributed by atoms with Crippen molar-refractivity contribution in [1.29, 1.82) is 0 Å². The molecule has 2 rings (SSSR count). The lowest BCUT2D eigenvalue weighted by atomic mass is 10.3. The molecule has 0 spiro atoms. The molecule has 0 unspecified atom stereocenters. The van der Waals surface area contributed by atoms with Crippen LogP contribution in [0.5, 0.6) is 0 Å². The Kier molecular flexibility index (Phi) is 3.11. The Labute approximate surface area is 87.1 Å². The van der Waals surface area contributed by atoms with Crippen molar-refractivity contribution in [1.82, 2.24) is 10.3 Å². The van der Waals surface area contributed by atoms with Crippen LogP contribution >= 0.6 is 0 Å². The molecule has 1 aromatic rings. The molecule has 82 valence electrons. The molecule has 1 saturated heterocycles. The zero-order valence-corrected chi connectivity index (χ0v) is 8.29. The van der Waals surface area contributed by atoms with Crippen LogP contribution in [-0.2, 0) is 0 Å². The van der Waals surface area contributed by atoms with E-state index in [1.165, 1.54) is 12.3 Å². The number of hydrogen-bond acceptors (Lipinski definition) is 3. The summed E-state index contributed by atoms with van der Waals surface area (Å²) < 4.78 is 24.5. The molecule has 1 aliphatic heterocycles. The van der Waals surface area contributed by atoms with Gasteiger partial charge in [0.1, 0.15) is 5.69 Å². The number of hydrogen-bond donors (Lipinski definition) is 1. The third-order valence-corrected chi connectivity index (χ3v) is 2.48. The lowest BCUT2D eigenvalue weighted by Gasteiger charge is -2.29. The van der Waals surface area contributed by atoms with Crippen molar-refractivity contribution in [2.45, 2.75) is 6.43 Å². The summed E-state index contributed by atoms with van der Waals surface area (Å²) in [6.07, 6.45) is -0.964. The van der Waals surface area contributed by atoms with Crippen molar-refractivity contribution in [3.63, 3.8) is 0 Å². The molecular weight excluding hydrogens is 200 g/mol. The number of rotatable bonds is 2. The molecule has 0 aromatic carbocycles. The average Bonchev–Trinajstić information content (AvgIpc) is 2.30. The van der Waals surface area contributed by atoms with Crippen molar-refractivity contribution >= 4 is 5.69 Å². The molecule has 1 aromatic heterocycles. The van der Waals surface area contributed by atoms with Crippen LogP contribution in [0.15, 0.2) is 18.3 Å². The minimum atomic E-state index is -2.48. The summed E-state index contributed by atoms with van der Waals surface area (Å²) in [5, 5.41) is 3.23. The van der Waals surface area contributed by atoms with E-state index < -0.39 is 6.43 Å². The summed E-state index contributed by atoms with van der Waals surface area (Å²) in [6, 6.07) is 3.10. The fourth-order valence-corrected chi connectivity index (χ4v) is 1.64. The second kappa shape index (κ2) is 4.53. The lowest BCUT2D eigenvalue weighted by molar-refractivity contribution is 0.146. The highest BCUT2D eigenvalue weighted by Gasteiger charge is 2.12. The Balaban J connectivity index is 2.08. The van der Waals surface area contributed by atoms with E-state index in [4.69, 9.17) is 0 Å². The van der Waals surface area contributed by atoms with Gasteiger partial charge >= 0.3 is 0 Å². The molecule has 15 heavy (non-hydrogen) atoms. The SMILES string of the molecule is FC(F)c1ccc(N2CCNCC2)cn1. The van der Waals surface area contributed by atoms with Crippen LogP contribution < -0.4 is 10.2 Å². The summed E-state index contributed by atoms with van der Waals surface area (Å²) in [7, 11) is 0. The highest BCUT2D eigenvalue weighted by molar-refractivity contribution is 5.45. The minimum Gasteiger partial charge on any atom is -0.368 e. The van der Waals surface area contributed by atoms with Gasteiger partial charge in [0.05, 0.1) is 11.9 Å². The third kappa shape index (κ3) is 2.41. The fourth-order valence-electron chi connectivity index (χ4n) is 1.64. The van der Waals surface area contributed by atoms with Gasteiger partial charge in [-0.25, -0.2) is 8.78 Å². The van der Waals surface area contributed by atoms with E-state index in [0.717, 1.165) is 31.9 Å². The van der Waals surface area contributed by atoms with Gasteiger partial charge in [-0.1, -0.05) is 0 Å². The lowest BCUT2D eigenvalue weighted by Crippen LogP contribution is -2.43. The molecule has 3 nitrogen and oxygen atoms in total. The van der Waals surface area contributed by atoms with Gasteiger partial charge in [-0.2, -0.15) is 0 Å². The van der Waals surface area contributed by atoms with Gasteiger partial charge in [0, 0.05) is 26.2 Å². The van der Waals surface area contributed by atoms with E-state index in [9.17, 15) is 8.78 Å². The van der Waals surface area contributed by atoms with Crippen LogP contribution in [0, 0.1) is 0 Å². The standard InChI is InChI=1S/C10H13F2N3/c11-10(12)9-2-1-8(7-14-9)15-5-3-13-4-6-15/h1-2,7,10,13H,3-6H2. The van der Waals surface area contributed by atoms with Crippen LogP contribution in [0.1, 0.15) is 12.1 Å². The van der Waals surface area contributed by atoms with Gasteiger partial charge in [-0.15, -0.1) is 0 Å². The molecule has 0 bridgehead atoms. The maximum Gasteiger partial charge on any atom is 0.280 e. The molecule has 0 atom stereocenters. The Bertz CT molecular complexity index is 307. The fraction of sp³-hybridized carbons (Fsp3) is 0.500. The number of anilines is 1. The van der Waals surface area contributed by atoms with E-state index in [1.54, 1.807) is 6.07 Å². The van der Waals surface area contributed by atoms with Gasteiger partial charge in [-0.3, -0.25) is 4.98 Å². The summed E-state index contributed by atoms with van der Waals surface area (Å²) in [5.74, 6) is 0. The normalized spacial score (nSPS) is 17.1. The largest absolute Gasteiger partial charge is 0.368 e. The Hall–Kier alpha value is -1.23. The quantitative estimate of drug-likeness (QED) is 0.805. The van der Waals surface area contributed by atoms with E-state index in [2.05, 4.69) is 15.2 Å². The van der Waals surface area contributed by atoms with Crippen molar-refractivity contribution in [3.05, 3.63) is 24.0 Å². The molecule has 5 heteroatoms. The van der Waals surface area contributed by atoms with E-state index >= 15 is 0 Å². The maximum absolute atomic E-state index is 12.3. The summed E-state index contributed by atoms with van der Waals surface area (Å²) in [5.41, 5.74) is 0.759. The summed E-state index contributed by atoms with van der Waals surface area (Å²) in [6.45, 7) is 3.65. The predicted molar refractivity (Wildman–Crippen MR) is 54.3 cm³/mol. The van der Waals surface area contributed by atoms with Crippen molar-refractivity contribution < 1.29 is 8.78 Å². The predicted octanol–water partition coefficient (Wildman–Crippen LogP) is 1.43. The smallest absolute Gasteiger partial charge is 0.280 e.